The molecule has 2 aromatic rings. The van der Waals surface area contributed by atoms with Gasteiger partial charge in [-0.1, -0.05) is 0 Å². The lowest BCUT2D eigenvalue weighted by Gasteiger charge is -2.10. The molecule has 6 N–H and O–H groups in total. The number of amides is 1. The highest BCUT2D eigenvalue weighted by atomic mass is 16.2. The van der Waals surface area contributed by atoms with Crippen LogP contribution in [0.4, 0.5) is 11.4 Å². The average molecular weight is 348 g/mol. The summed E-state index contributed by atoms with van der Waals surface area (Å²) < 4.78 is 0. The highest BCUT2D eigenvalue weighted by molar-refractivity contribution is 6.49. The summed E-state index contributed by atoms with van der Waals surface area (Å²) in [6, 6.07) is 7.97. The second-order valence-electron chi connectivity index (χ2n) is 5.36. The molecular weight excluding hydrogens is 332 g/mol. The van der Waals surface area contributed by atoms with Crippen molar-refractivity contribution in [1.29, 1.82) is 10.7 Å². The zero-order chi connectivity index (χ0) is 19.3. The number of pyridine rings is 1. The number of benzene rings is 1. The quantitative estimate of drug-likeness (QED) is 0.364. The van der Waals surface area contributed by atoms with E-state index in [0.717, 1.165) is 12.3 Å². The predicted octanol–water partition coefficient (Wildman–Crippen LogP) is 1.51. The van der Waals surface area contributed by atoms with Gasteiger partial charge in [0.05, 0.1) is 5.56 Å². The maximum absolute atomic E-state index is 12.4. The van der Waals surface area contributed by atoms with Gasteiger partial charge in [0, 0.05) is 29.2 Å². The van der Waals surface area contributed by atoms with Gasteiger partial charge < -0.3 is 16.8 Å². The van der Waals surface area contributed by atoms with Crippen LogP contribution in [0.15, 0.2) is 42.7 Å². The van der Waals surface area contributed by atoms with Gasteiger partial charge in [-0.05, 0) is 43.0 Å². The molecule has 0 aliphatic rings. The molecule has 26 heavy (non-hydrogen) atoms. The van der Waals surface area contributed by atoms with Crippen LogP contribution in [0, 0.1) is 23.7 Å². The van der Waals surface area contributed by atoms with Gasteiger partial charge in [0.1, 0.15) is 17.5 Å². The molecule has 0 saturated heterocycles. The van der Waals surface area contributed by atoms with E-state index in [0.29, 0.717) is 16.8 Å². The molecule has 0 aliphatic heterocycles. The summed E-state index contributed by atoms with van der Waals surface area (Å²) in [5.41, 5.74) is 12.5. The lowest BCUT2D eigenvalue weighted by atomic mass is 10.0. The number of hydrogen-bond acceptors (Lipinski definition) is 7. The third-order valence-corrected chi connectivity index (χ3v) is 3.50. The minimum Gasteiger partial charge on any atom is -0.404 e. The topological polar surface area (TPSA) is 159 Å². The molecule has 1 amide bonds. The Morgan fingerprint density at radius 3 is 2.69 bits per heavy atom. The summed E-state index contributed by atoms with van der Waals surface area (Å²) in [5, 5.41) is 19.4. The van der Waals surface area contributed by atoms with E-state index in [4.69, 9.17) is 22.1 Å². The molecule has 0 aliphatic carbocycles. The van der Waals surface area contributed by atoms with Crippen molar-refractivity contribution in [2.75, 3.05) is 11.1 Å². The monoisotopic (exact) mass is 348 g/mol. The van der Waals surface area contributed by atoms with Crippen LogP contribution in [-0.2, 0) is 4.79 Å². The van der Waals surface area contributed by atoms with E-state index in [9.17, 15) is 9.59 Å². The summed E-state index contributed by atoms with van der Waals surface area (Å²) in [6.45, 7) is 1.67. The highest BCUT2D eigenvalue weighted by Gasteiger charge is 2.16. The number of nitrogens with one attached hydrogen (secondary N) is 2. The van der Waals surface area contributed by atoms with Crippen LogP contribution in [0.5, 0.6) is 0 Å². The number of hydrogen-bond donors (Lipinski definition) is 4. The number of carbonyl (C=O) groups excluding carboxylic acids is 2. The number of rotatable bonds is 5. The van der Waals surface area contributed by atoms with Crippen LogP contribution in [-0.4, -0.2) is 22.4 Å². The van der Waals surface area contributed by atoms with Crippen molar-refractivity contribution >= 4 is 28.8 Å². The number of nitrogens with zero attached hydrogens (tertiary/aromatic N) is 2. The second kappa shape index (κ2) is 7.72. The van der Waals surface area contributed by atoms with Gasteiger partial charge in [0.2, 0.25) is 5.78 Å². The maximum Gasteiger partial charge on any atom is 0.274 e. The zero-order valence-corrected chi connectivity index (χ0v) is 13.9. The summed E-state index contributed by atoms with van der Waals surface area (Å²) in [7, 11) is 0. The summed E-state index contributed by atoms with van der Waals surface area (Å²) >= 11 is 0. The van der Waals surface area contributed by atoms with Crippen molar-refractivity contribution in [3.63, 3.8) is 0 Å². The maximum atomic E-state index is 12.4. The number of anilines is 2. The van der Waals surface area contributed by atoms with Gasteiger partial charge in [-0.2, -0.15) is 5.26 Å². The lowest BCUT2D eigenvalue weighted by molar-refractivity contribution is -0.108. The number of nitriles is 1. The Morgan fingerprint density at radius 2 is 2.08 bits per heavy atom. The molecule has 0 unspecified atom stereocenters. The van der Waals surface area contributed by atoms with Crippen LogP contribution < -0.4 is 16.8 Å². The van der Waals surface area contributed by atoms with E-state index in [-0.39, 0.29) is 22.7 Å². The van der Waals surface area contributed by atoms with Crippen molar-refractivity contribution in [1.82, 2.24) is 4.98 Å². The van der Waals surface area contributed by atoms with E-state index >= 15 is 0 Å². The SMILES string of the molecule is Cc1cc(C#N)cnc1C(=O)Nc1ccc(N)c(C(=N)C(=O)/C=C\N)c1. The second-order valence-corrected chi connectivity index (χ2v) is 5.36. The molecule has 1 heterocycles. The number of aromatic nitrogens is 1. The van der Waals surface area contributed by atoms with Crippen molar-refractivity contribution in [3.05, 3.63) is 65.1 Å². The van der Waals surface area contributed by atoms with Gasteiger partial charge in [0.15, 0.2) is 0 Å². The van der Waals surface area contributed by atoms with Gasteiger partial charge >= 0.3 is 0 Å². The Morgan fingerprint density at radius 1 is 1.35 bits per heavy atom. The van der Waals surface area contributed by atoms with E-state index in [2.05, 4.69) is 10.3 Å². The summed E-state index contributed by atoms with van der Waals surface area (Å²) in [4.78, 5) is 28.2. The Balaban J connectivity index is 2.29. The van der Waals surface area contributed by atoms with Crippen molar-refractivity contribution < 1.29 is 9.59 Å². The number of aryl methyl sites for hydroxylation is 1. The smallest absolute Gasteiger partial charge is 0.274 e. The molecule has 0 spiro atoms. The summed E-state index contributed by atoms with van der Waals surface area (Å²) in [5.74, 6) is -1.09. The van der Waals surface area contributed by atoms with Gasteiger partial charge in [-0.15, -0.1) is 0 Å². The number of carbonyl (C=O) groups is 2. The molecule has 130 valence electrons. The molecular formula is C18H16N6O2. The minimum absolute atomic E-state index is 0.166. The first-order valence-electron chi connectivity index (χ1n) is 7.46. The third-order valence-electron chi connectivity index (χ3n) is 3.50. The Hall–Kier alpha value is -3.99. The van der Waals surface area contributed by atoms with Crippen LogP contribution in [0.3, 0.4) is 0 Å². The predicted molar refractivity (Wildman–Crippen MR) is 97.7 cm³/mol. The van der Waals surface area contributed by atoms with Crippen LogP contribution in [0.2, 0.25) is 0 Å². The molecule has 0 atom stereocenters. The third kappa shape index (κ3) is 3.91. The highest BCUT2D eigenvalue weighted by Crippen LogP contribution is 2.20. The van der Waals surface area contributed by atoms with Gasteiger partial charge in [0.25, 0.3) is 5.91 Å². The lowest BCUT2D eigenvalue weighted by Crippen LogP contribution is -2.17. The Labute approximate surface area is 149 Å². The first kappa shape index (κ1) is 18.4. The molecule has 0 saturated carbocycles. The first-order chi connectivity index (χ1) is 12.4. The van der Waals surface area contributed by atoms with Crippen LogP contribution in [0.1, 0.15) is 27.2 Å². The Bertz CT molecular complexity index is 972. The number of allylic oxidation sites excluding steroid dienone is 1. The normalized spacial score (nSPS) is 10.3. The molecule has 0 radical (unpaired) electrons. The fourth-order valence-electron chi connectivity index (χ4n) is 2.22. The van der Waals surface area contributed by atoms with Crippen LogP contribution >= 0.6 is 0 Å². The van der Waals surface area contributed by atoms with E-state index in [1.165, 1.54) is 18.3 Å². The number of nitrogens with two attached hydrogens (primary N) is 2. The van der Waals surface area contributed by atoms with Crippen LogP contribution in [0.25, 0.3) is 0 Å². The number of ketones is 1. The number of nitrogen functional groups attached to an aromatic ring is 1. The van der Waals surface area contributed by atoms with Gasteiger partial charge in [-0.3, -0.25) is 15.0 Å². The van der Waals surface area contributed by atoms with E-state index in [1.807, 2.05) is 6.07 Å². The Kier molecular flexibility index (Phi) is 5.45. The first-order valence-corrected chi connectivity index (χ1v) is 7.46. The fourth-order valence-corrected chi connectivity index (χ4v) is 2.22. The zero-order valence-electron chi connectivity index (χ0n) is 13.9. The molecule has 8 nitrogen and oxygen atoms in total. The molecule has 1 aromatic heterocycles. The van der Waals surface area contributed by atoms with E-state index in [1.54, 1.807) is 19.1 Å². The molecule has 8 heteroatoms. The van der Waals surface area contributed by atoms with Gasteiger partial charge in [-0.25, -0.2) is 4.98 Å². The summed E-state index contributed by atoms with van der Waals surface area (Å²) in [6.07, 6.45) is 3.40. The largest absolute Gasteiger partial charge is 0.404 e. The van der Waals surface area contributed by atoms with Crippen molar-refractivity contribution in [2.24, 2.45) is 5.73 Å². The molecule has 2 rings (SSSR count). The van der Waals surface area contributed by atoms with Crippen molar-refractivity contribution in [2.45, 2.75) is 6.92 Å². The molecule has 1 aromatic carbocycles. The van der Waals surface area contributed by atoms with E-state index < -0.39 is 11.7 Å². The van der Waals surface area contributed by atoms with Crippen molar-refractivity contribution in [3.8, 4) is 6.07 Å². The standard InChI is InChI=1S/C18H16N6O2/c1-10-6-11(8-20)9-23-17(10)18(26)24-12-2-3-14(21)13(7-12)16(22)15(25)4-5-19/h2-7,9,22H,19,21H2,1H3,(H,24,26)/b5-4-,22-16?. The fraction of sp³-hybridized carbons (Fsp3) is 0.0556. The molecule has 0 fully saturated rings. The minimum atomic E-state index is -0.604. The molecule has 0 bridgehead atoms. The average Bonchev–Trinajstić information content (AvgIpc) is 2.62.